The molecule has 0 fully saturated rings. The van der Waals surface area contributed by atoms with Gasteiger partial charge in [-0.25, -0.2) is 0 Å². The van der Waals surface area contributed by atoms with E-state index in [1.807, 2.05) is 0 Å². The quantitative estimate of drug-likeness (QED) is 0.323. The number of rotatable bonds is 14. The van der Waals surface area contributed by atoms with Crippen LogP contribution in [0.2, 0.25) is 0 Å². The van der Waals surface area contributed by atoms with Gasteiger partial charge >= 0.3 is 23.1 Å². The summed E-state index contributed by atoms with van der Waals surface area (Å²) in [4.78, 5) is 5.07. The maximum absolute atomic E-state index is 3.85. The first kappa shape index (κ1) is 28.5. The average Bonchev–Trinajstić information content (AvgIpc) is 2.52. The molecule has 0 aromatic rings. The van der Waals surface area contributed by atoms with E-state index in [2.05, 4.69) is 51.3 Å². The van der Waals surface area contributed by atoms with E-state index in [9.17, 15) is 0 Å². The van der Waals surface area contributed by atoms with Crippen molar-refractivity contribution < 1.29 is 0 Å². The van der Waals surface area contributed by atoms with Crippen LogP contribution in [-0.4, -0.2) is 72.1 Å². The first-order valence-electron chi connectivity index (χ1n) is 9.73. The number of hydrogen-bond acceptors (Lipinski definition) is 2. The van der Waals surface area contributed by atoms with Crippen LogP contribution in [0.25, 0.3) is 0 Å². The van der Waals surface area contributed by atoms with E-state index < -0.39 is 0 Å². The molecule has 0 aliphatic rings. The minimum absolute atomic E-state index is 0. The van der Waals surface area contributed by atoms with Crippen LogP contribution < -0.4 is 0 Å². The van der Waals surface area contributed by atoms with Crippen molar-refractivity contribution in [1.82, 2.24) is 9.80 Å². The van der Waals surface area contributed by atoms with Crippen molar-refractivity contribution in [2.75, 3.05) is 39.3 Å². The molecule has 0 rings (SSSR count). The van der Waals surface area contributed by atoms with Gasteiger partial charge in [0.2, 0.25) is 0 Å². The molecule has 0 amide bonds. The molecule has 0 saturated heterocycles. The molecule has 0 saturated carbocycles. The normalized spacial score (nSPS) is 10.4. The van der Waals surface area contributed by atoms with Crippen molar-refractivity contribution >= 4 is 23.1 Å². The van der Waals surface area contributed by atoms with Gasteiger partial charge in [0.1, 0.15) is 0 Å². The Kier molecular flexibility index (Phi) is 30.9. The van der Waals surface area contributed by atoms with Gasteiger partial charge in [-0.1, -0.05) is 40.5 Å². The molecule has 3 heteroatoms. The van der Waals surface area contributed by atoms with E-state index in [0.717, 1.165) is 12.8 Å². The fourth-order valence-corrected chi connectivity index (χ4v) is 2.61. The zero-order valence-electron chi connectivity index (χ0n) is 16.9. The molecule has 0 radical (unpaired) electrons. The molecule has 0 aliphatic heterocycles. The van der Waals surface area contributed by atoms with Gasteiger partial charge in [-0.3, -0.25) is 0 Å². The van der Waals surface area contributed by atoms with Crippen LogP contribution in [0, 0.1) is 13.8 Å². The molecule has 0 aromatic carbocycles. The second kappa shape index (κ2) is 24.9. The number of unbranched alkanes of at least 4 members (excludes halogenated alkanes) is 2. The fraction of sp³-hybridized carbons (Fsp3) is 0.900. The summed E-state index contributed by atoms with van der Waals surface area (Å²) in [6, 6.07) is 0. The first-order chi connectivity index (χ1) is 10.7. The van der Waals surface area contributed by atoms with Crippen LogP contribution in [0.15, 0.2) is 0 Å². The molecular formula is C20H44MgN2. The van der Waals surface area contributed by atoms with Crippen molar-refractivity contribution in [2.45, 2.75) is 79.1 Å². The monoisotopic (exact) mass is 336 g/mol. The molecule has 0 N–H and O–H groups in total. The second-order valence-electron chi connectivity index (χ2n) is 6.10. The maximum Gasteiger partial charge on any atom is 2.00 e. The molecule has 136 valence electrons. The molecule has 0 aromatic heterocycles. The van der Waals surface area contributed by atoms with Crippen LogP contribution >= 0.6 is 0 Å². The molecule has 0 unspecified atom stereocenters. The van der Waals surface area contributed by atoms with Crippen molar-refractivity contribution in [3.63, 3.8) is 0 Å². The predicted octanol–water partition coefficient (Wildman–Crippen LogP) is 5.06. The smallest absolute Gasteiger partial charge is 0.343 e. The Morgan fingerprint density at radius 3 is 0.957 bits per heavy atom. The van der Waals surface area contributed by atoms with E-state index in [-0.39, 0.29) is 23.1 Å². The van der Waals surface area contributed by atoms with Gasteiger partial charge in [0, 0.05) is 0 Å². The second-order valence-corrected chi connectivity index (χ2v) is 6.10. The van der Waals surface area contributed by atoms with E-state index >= 15 is 0 Å². The Labute approximate surface area is 164 Å². The number of hydrogen-bond donors (Lipinski definition) is 0. The standard InChI is InChI=1S/2C10H22N.Mg/c2*1-4-7-10-11(8-5-2)9-6-3;/h2*1,4-10H2,2-3H3;/q2*-1;+2. The third-order valence-corrected chi connectivity index (χ3v) is 3.61. The Balaban J connectivity index is -0.000000333. The van der Waals surface area contributed by atoms with E-state index in [1.54, 1.807) is 0 Å². The summed E-state index contributed by atoms with van der Waals surface area (Å²) in [5.41, 5.74) is 0. The Morgan fingerprint density at radius 2 is 0.783 bits per heavy atom. The van der Waals surface area contributed by atoms with Crippen LogP contribution in [0.4, 0.5) is 0 Å². The van der Waals surface area contributed by atoms with Crippen LogP contribution in [0.3, 0.4) is 0 Å². The Bertz CT molecular complexity index is 156. The minimum atomic E-state index is 0. The van der Waals surface area contributed by atoms with Gasteiger partial charge in [0.05, 0.1) is 0 Å². The third kappa shape index (κ3) is 22.7. The van der Waals surface area contributed by atoms with E-state index in [0.29, 0.717) is 0 Å². The Morgan fingerprint density at radius 1 is 0.522 bits per heavy atom. The molecule has 0 aliphatic carbocycles. The van der Waals surface area contributed by atoms with Crippen molar-refractivity contribution in [1.29, 1.82) is 0 Å². The average molecular weight is 337 g/mol. The topological polar surface area (TPSA) is 6.48 Å². The molecule has 0 spiro atoms. The molecule has 0 heterocycles. The molecule has 0 bridgehead atoms. The van der Waals surface area contributed by atoms with Gasteiger partial charge in [-0.15, -0.1) is 0 Å². The van der Waals surface area contributed by atoms with Gasteiger partial charge in [0.25, 0.3) is 0 Å². The SMILES string of the molecule is [CH2-]CCCN(CCC)CCC.[CH2-]CCCN(CCC)CCC.[Mg+2]. The fourth-order valence-electron chi connectivity index (χ4n) is 2.61. The maximum atomic E-state index is 3.85. The summed E-state index contributed by atoms with van der Waals surface area (Å²) in [6.45, 7) is 24.2. The minimum Gasteiger partial charge on any atom is -0.343 e. The third-order valence-electron chi connectivity index (χ3n) is 3.61. The van der Waals surface area contributed by atoms with Gasteiger partial charge in [0.15, 0.2) is 0 Å². The van der Waals surface area contributed by atoms with Crippen molar-refractivity contribution in [2.24, 2.45) is 0 Å². The summed E-state index contributed by atoms with van der Waals surface area (Å²) in [5, 5.41) is 0. The van der Waals surface area contributed by atoms with Gasteiger partial charge in [-0.2, -0.15) is 12.8 Å². The molecule has 0 atom stereocenters. The van der Waals surface area contributed by atoms with Crippen molar-refractivity contribution in [3.05, 3.63) is 13.8 Å². The molecule has 2 nitrogen and oxygen atoms in total. The van der Waals surface area contributed by atoms with E-state index in [1.165, 1.54) is 77.8 Å². The van der Waals surface area contributed by atoms with Gasteiger partial charge in [-0.05, 0) is 65.0 Å². The van der Waals surface area contributed by atoms with Crippen LogP contribution in [-0.2, 0) is 0 Å². The Hall–Kier alpha value is 0.686. The molecule has 23 heavy (non-hydrogen) atoms. The summed E-state index contributed by atoms with van der Waals surface area (Å²) in [6.07, 6.45) is 9.75. The number of nitrogens with zero attached hydrogens (tertiary/aromatic N) is 2. The van der Waals surface area contributed by atoms with Crippen LogP contribution in [0.5, 0.6) is 0 Å². The largest absolute Gasteiger partial charge is 2.00 e. The summed E-state index contributed by atoms with van der Waals surface area (Å²) >= 11 is 0. The zero-order chi connectivity index (χ0) is 17.1. The zero-order valence-corrected chi connectivity index (χ0v) is 18.3. The summed E-state index contributed by atoms with van der Waals surface area (Å²) < 4.78 is 0. The van der Waals surface area contributed by atoms with E-state index in [4.69, 9.17) is 0 Å². The van der Waals surface area contributed by atoms with Crippen molar-refractivity contribution in [3.8, 4) is 0 Å². The first-order valence-corrected chi connectivity index (χ1v) is 9.73. The summed E-state index contributed by atoms with van der Waals surface area (Å²) in [5.74, 6) is 0. The molecular weight excluding hydrogens is 293 g/mol. The van der Waals surface area contributed by atoms with Crippen LogP contribution in [0.1, 0.15) is 79.1 Å². The van der Waals surface area contributed by atoms with Gasteiger partial charge < -0.3 is 23.6 Å². The summed E-state index contributed by atoms with van der Waals surface area (Å²) in [7, 11) is 0. The predicted molar refractivity (Wildman–Crippen MR) is 109 cm³/mol.